The van der Waals surface area contributed by atoms with Gasteiger partial charge in [-0.3, -0.25) is 10.2 Å². The SMILES string of the molecule is COc1cc(/C=C2\SC(=N)NC2=O)cc(CO)c1O. The molecule has 0 radical (unpaired) electrons. The predicted octanol–water partition coefficient (Wildman–Crippen LogP) is 1.03. The van der Waals surface area contributed by atoms with Gasteiger partial charge in [0.2, 0.25) is 0 Å². The summed E-state index contributed by atoms with van der Waals surface area (Å²) in [5.41, 5.74) is 0.913. The number of thioether (sulfide) groups is 1. The number of methoxy groups -OCH3 is 1. The van der Waals surface area contributed by atoms with E-state index in [9.17, 15) is 9.90 Å². The van der Waals surface area contributed by atoms with E-state index in [1.807, 2.05) is 0 Å². The van der Waals surface area contributed by atoms with Gasteiger partial charge in [-0.05, 0) is 35.5 Å². The molecule has 1 heterocycles. The van der Waals surface area contributed by atoms with Gasteiger partial charge >= 0.3 is 0 Å². The van der Waals surface area contributed by atoms with Crippen LogP contribution in [0, 0.1) is 5.41 Å². The van der Waals surface area contributed by atoms with Crippen LogP contribution in [0.15, 0.2) is 17.0 Å². The van der Waals surface area contributed by atoms with E-state index in [4.69, 9.17) is 15.3 Å². The molecule has 0 aromatic heterocycles. The van der Waals surface area contributed by atoms with Crippen LogP contribution in [-0.2, 0) is 11.4 Å². The molecule has 0 atom stereocenters. The number of hydrogen-bond donors (Lipinski definition) is 4. The molecule has 1 aliphatic rings. The third-order valence-electron chi connectivity index (χ3n) is 2.53. The van der Waals surface area contributed by atoms with Gasteiger partial charge in [0.15, 0.2) is 16.7 Å². The number of hydrogen-bond acceptors (Lipinski definition) is 6. The molecular formula is C12H12N2O4S. The van der Waals surface area contributed by atoms with E-state index in [1.165, 1.54) is 7.11 Å². The first-order valence-corrected chi connectivity index (χ1v) is 6.17. The van der Waals surface area contributed by atoms with E-state index in [0.29, 0.717) is 16.0 Å². The van der Waals surface area contributed by atoms with Gasteiger partial charge in [0.05, 0.1) is 18.6 Å². The molecule has 4 N–H and O–H groups in total. The second-order valence-corrected chi connectivity index (χ2v) is 4.84. The van der Waals surface area contributed by atoms with Crippen LogP contribution in [0.1, 0.15) is 11.1 Å². The summed E-state index contributed by atoms with van der Waals surface area (Å²) < 4.78 is 5.00. The lowest BCUT2D eigenvalue weighted by molar-refractivity contribution is -0.115. The number of ether oxygens (including phenoxy) is 1. The fourth-order valence-electron chi connectivity index (χ4n) is 1.64. The summed E-state index contributed by atoms with van der Waals surface area (Å²) in [5, 5.41) is 28.7. The van der Waals surface area contributed by atoms with E-state index in [0.717, 1.165) is 11.8 Å². The van der Waals surface area contributed by atoms with Crippen LogP contribution in [0.4, 0.5) is 0 Å². The summed E-state index contributed by atoms with van der Waals surface area (Å²) in [4.78, 5) is 11.9. The number of carbonyl (C=O) groups excluding carboxylic acids is 1. The minimum atomic E-state index is -0.340. The molecule has 6 nitrogen and oxygen atoms in total. The Balaban J connectivity index is 2.43. The molecule has 19 heavy (non-hydrogen) atoms. The Hall–Kier alpha value is -1.99. The van der Waals surface area contributed by atoms with Crippen molar-refractivity contribution in [3.05, 3.63) is 28.2 Å². The molecule has 7 heteroatoms. The van der Waals surface area contributed by atoms with E-state index in [1.54, 1.807) is 18.2 Å². The Morgan fingerprint density at radius 2 is 2.26 bits per heavy atom. The number of aliphatic hydroxyl groups excluding tert-OH is 1. The van der Waals surface area contributed by atoms with Crippen molar-refractivity contribution in [2.75, 3.05) is 7.11 Å². The highest BCUT2D eigenvalue weighted by molar-refractivity contribution is 8.18. The van der Waals surface area contributed by atoms with Crippen molar-refractivity contribution < 1.29 is 19.7 Å². The number of amides is 1. The maximum Gasteiger partial charge on any atom is 0.264 e. The van der Waals surface area contributed by atoms with E-state index < -0.39 is 0 Å². The molecule has 1 saturated heterocycles. The third-order valence-corrected chi connectivity index (χ3v) is 3.36. The smallest absolute Gasteiger partial charge is 0.264 e. The summed E-state index contributed by atoms with van der Waals surface area (Å²) in [6, 6.07) is 3.11. The number of benzene rings is 1. The molecule has 100 valence electrons. The topological polar surface area (TPSA) is 103 Å². The zero-order valence-corrected chi connectivity index (χ0v) is 10.9. The molecule has 0 saturated carbocycles. The minimum Gasteiger partial charge on any atom is -0.504 e. The molecule has 1 aromatic carbocycles. The fraction of sp³-hybridized carbons (Fsp3) is 0.167. The summed E-state index contributed by atoms with van der Waals surface area (Å²) in [7, 11) is 1.40. The molecule has 1 aromatic rings. The first kappa shape index (κ1) is 13.4. The van der Waals surface area contributed by atoms with Crippen LogP contribution in [-0.4, -0.2) is 28.4 Å². The number of rotatable bonds is 3. The van der Waals surface area contributed by atoms with Crippen molar-refractivity contribution in [3.8, 4) is 11.5 Å². The van der Waals surface area contributed by atoms with Gasteiger partial charge in [0.25, 0.3) is 5.91 Å². The summed E-state index contributed by atoms with van der Waals surface area (Å²) >= 11 is 1.02. The second-order valence-electron chi connectivity index (χ2n) is 3.78. The molecule has 0 bridgehead atoms. The first-order valence-electron chi connectivity index (χ1n) is 5.35. The van der Waals surface area contributed by atoms with Gasteiger partial charge in [0.1, 0.15) is 0 Å². The Bertz CT molecular complexity index is 558. The third kappa shape index (κ3) is 2.72. The van der Waals surface area contributed by atoms with Gasteiger partial charge in [0, 0.05) is 5.56 Å². The normalized spacial score (nSPS) is 16.8. The van der Waals surface area contributed by atoms with E-state index in [2.05, 4.69) is 5.32 Å². The Kier molecular flexibility index (Phi) is 3.77. The number of aliphatic hydroxyl groups is 1. The van der Waals surface area contributed by atoms with Crippen LogP contribution < -0.4 is 10.1 Å². The second kappa shape index (κ2) is 5.33. The standard InChI is InChI=1S/C12H12N2O4S/c1-18-8-3-6(2-7(5-15)10(8)16)4-9-11(17)14-12(13)19-9/h2-4,15-16H,5H2,1H3,(H2,13,14,17)/b9-4-. The van der Waals surface area contributed by atoms with Crippen molar-refractivity contribution in [1.82, 2.24) is 5.32 Å². The zero-order chi connectivity index (χ0) is 14.0. The van der Waals surface area contributed by atoms with Gasteiger partial charge < -0.3 is 20.3 Å². The van der Waals surface area contributed by atoms with Crippen molar-refractivity contribution in [1.29, 1.82) is 5.41 Å². The highest BCUT2D eigenvalue weighted by Crippen LogP contribution is 2.33. The zero-order valence-electron chi connectivity index (χ0n) is 10.1. The van der Waals surface area contributed by atoms with Crippen LogP contribution in [0.3, 0.4) is 0 Å². The molecule has 0 spiro atoms. The highest BCUT2D eigenvalue weighted by Gasteiger charge is 2.22. The number of phenols is 1. The number of nitrogens with one attached hydrogen (secondary N) is 2. The summed E-state index contributed by atoms with van der Waals surface area (Å²) in [6.45, 7) is -0.339. The Morgan fingerprint density at radius 1 is 1.53 bits per heavy atom. The predicted molar refractivity (Wildman–Crippen MR) is 72.0 cm³/mol. The van der Waals surface area contributed by atoms with Crippen molar-refractivity contribution in [3.63, 3.8) is 0 Å². The molecule has 2 rings (SSSR count). The van der Waals surface area contributed by atoms with Crippen molar-refractivity contribution >= 4 is 28.9 Å². The Morgan fingerprint density at radius 3 is 2.79 bits per heavy atom. The van der Waals surface area contributed by atoms with Gasteiger partial charge in [-0.15, -0.1) is 0 Å². The highest BCUT2D eigenvalue weighted by atomic mass is 32.2. The molecule has 1 aliphatic heterocycles. The largest absolute Gasteiger partial charge is 0.504 e. The number of carbonyl (C=O) groups is 1. The lowest BCUT2D eigenvalue weighted by Gasteiger charge is -2.09. The molecule has 1 fully saturated rings. The average molecular weight is 280 g/mol. The Labute approximate surface area is 113 Å². The van der Waals surface area contributed by atoms with Gasteiger partial charge in [-0.1, -0.05) is 0 Å². The van der Waals surface area contributed by atoms with Crippen LogP contribution in [0.5, 0.6) is 11.5 Å². The van der Waals surface area contributed by atoms with E-state index >= 15 is 0 Å². The van der Waals surface area contributed by atoms with Gasteiger partial charge in [-0.25, -0.2) is 0 Å². The average Bonchev–Trinajstić information content (AvgIpc) is 2.69. The maximum atomic E-state index is 11.5. The quantitative estimate of drug-likeness (QED) is 0.619. The van der Waals surface area contributed by atoms with Crippen LogP contribution >= 0.6 is 11.8 Å². The molecule has 0 aliphatic carbocycles. The number of amidine groups is 1. The summed E-state index contributed by atoms with van der Waals surface area (Å²) in [5.74, 6) is -0.243. The maximum absolute atomic E-state index is 11.5. The van der Waals surface area contributed by atoms with E-state index in [-0.39, 0.29) is 29.2 Å². The van der Waals surface area contributed by atoms with Crippen LogP contribution in [0.2, 0.25) is 0 Å². The fourth-order valence-corrected chi connectivity index (χ4v) is 2.34. The molecule has 1 amide bonds. The number of aromatic hydroxyl groups is 1. The van der Waals surface area contributed by atoms with Crippen LogP contribution in [0.25, 0.3) is 6.08 Å². The van der Waals surface area contributed by atoms with Gasteiger partial charge in [-0.2, -0.15) is 0 Å². The summed E-state index contributed by atoms with van der Waals surface area (Å²) in [6.07, 6.45) is 1.57. The minimum absolute atomic E-state index is 0.0735. The molecule has 0 unspecified atom stereocenters. The molecular weight excluding hydrogens is 268 g/mol. The van der Waals surface area contributed by atoms with Crippen molar-refractivity contribution in [2.45, 2.75) is 6.61 Å². The monoisotopic (exact) mass is 280 g/mol. The first-order chi connectivity index (χ1) is 9.05. The lowest BCUT2D eigenvalue weighted by atomic mass is 10.1. The lowest BCUT2D eigenvalue weighted by Crippen LogP contribution is -2.18. The van der Waals surface area contributed by atoms with Crippen molar-refractivity contribution in [2.24, 2.45) is 0 Å².